The van der Waals surface area contributed by atoms with Crippen molar-refractivity contribution in [3.8, 4) is 0 Å². The van der Waals surface area contributed by atoms with Crippen LogP contribution in [0.4, 0.5) is 0 Å². The molecule has 4 heteroatoms. The smallest absolute Gasteiger partial charge is 0.312 e. The summed E-state index contributed by atoms with van der Waals surface area (Å²) in [6.07, 6.45) is 0. The predicted molar refractivity (Wildman–Crippen MR) is 85.1 cm³/mol. The number of carbonyl (C=O) groups is 2. The first kappa shape index (κ1) is 16.5. The number of ether oxygens (including phenoxy) is 1. The van der Waals surface area contributed by atoms with Gasteiger partial charge in [-0.05, 0) is 33.3 Å². The van der Waals surface area contributed by atoms with Gasteiger partial charge in [-0.25, -0.2) is 0 Å². The second-order valence-electron chi connectivity index (χ2n) is 7.01. The fourth-order valence-electron chi connectivity index (χ4n) is 2.81. The number of nitrogens with zero attached hydrogens (tertiary/aromatic N) is 1. The fraction of sp³-hybridized carbons (Fsp3) is 0.556. The Morgan fingerprint density at radius 1 is 1.27 bits per heavy atom. The van der Waals surface area contributed by atoms with Gasteiger partial charge < -0.3 is 9.64 Å². The lowest BCUT2D eigenvalue weighted by atomic mass is 9.97. The maximum absolute atomic E-state index is 12.5. The molecule has 1 aliphatic heterocycles. The quantitative estimate of drug-likeness (QED) is 0.806. The maximum Gasteiger partial charge on any atom is 0.312 e. The van der Waals surface area contributed by atoms with E-state index in [1.807, 2.05) is 65.0 Å². The van der Waals surface area contributed by atoms with Gasteiger partial charge in [-0.2, -0.15) is 0 Å². The molecule has 0 spiro atoms. The van der Waals surface area contributed by atoms with Gasteiger partial charge in [-0.1, -0.05) is 37.3 Å². The Kier molecular flexibility index (Phi) is 4.59. The monoisotopic (exact) mass is 303 g/mol. The van der Waals surface area contributed by atoms with E-state index < -0.39 is 11.5 Å². The van der Waals surface area contributed by atoms with E-state index >= 15 is 0 Å². The molecule has 0 aromatic heterocycles. The molecule has 1 aliphatic rings. The second-order valence-corrected chi connectivity index (χ2v) is 7.01. The molecule has 1 aromatic carbocycles. The second kappa shape index (κ2) is 6.11. The highest BCUT2D eigenvalue weighted by molar-refractivity contribution is 5.89. The Bertz CT molecular complexity index is 547. The van der Waals surface area contributed by atoms with Crippen LogP contribution in [0.3, 0.4) is 0 Å². The van der Waals surface area contributed by atoms with Crippen molar-refractivity contribution in [2.24, 2.45) is 11.8 Å². The highest BCUT2D eigenvalue weighted by Gasteiger charge is 2.44. The molecule has 0 radical (unpaired) electrons. The Morgan fingerprint density at radius 3 is 2.41 bits per heavy atom. The zero-order valence-corrected chi connectivity index (χ0v) is 14.0. The third-order valence-corrected chi connectivity index (χ3v) is 4.13. The molecule has 1 aromatic rings. The minimum atomic E-state index is -0.529. The average molecular weight is 303 g/mol. The van der Waals surface area contributed by atoms with Crippen LogP contribution in [-0.2, 0) is 14.3 Å². The number of hydrogen-bond acceptors (Lipinski definition) is 3. The summed E-state index contributed by atoms with van der Waals surface area (Å²) in [5, 5.41) is 0. The number of benzene rings is 1. The molecule has 0 saturated carbocycles. The average Bonchev–Trinajstić information content (AvgIpc) is 2.74. The number of hydrogen-bond donors (Lipinski definition) is 0. The zero-order valence-electron chi connectivity index (χ0n) is 14.0. The van der Waals surface area contributed by atoms with Gasteiger partial charge in [0.2, 0.25) is 5.91 Å². The SMILES string of the molecule is CC1C(=O)N([C@H](C)c2ccccc2)CC1C(=O)OC(C)(C)C. The summed E-state index contributed by atoms with van der Waals surface area (Å²) in [5.41, 5.74) is 0.547. The van der Waals surface area contributed by atoms with Crippen molar-refractivity contribution in [1.82, 2.24) is 4.90 Å². The normalized spacial score (nSPS) is 23.5. The van der Waals surface area contributed by atoms with Crippen LogP contribution in [0, 0.1) is 11.8 Å². The van der Waals surface area contributed by atoms with Crippen LogP contribution < -0.4 is 0 Å². The highest BCUT2D eigenvalue weighted by atomic mass is 16.6. The largest absolute Gasteiger partial charge is 0.460 e. The number of carbonyl (C=O) groups excluding carboxylic acids is 2. The first-order valence-corrected chi connectivity index (χ1v) is 7.79. The first-order chi connectivity index (χ1) is 10.2. The van der Waals surface area contributed by atoms with Gasteiger partial charge in [0.15, 0.2) is 0 Å². The third kappa shape index (κ3) is 3.49. The lowest BCUT2D eigenvalue weighted by molar-refractivity contribution is -0.161. The van der Waals surface area contributed by atoms with Crippen LogP contribution in [0.5, 0.6) is 0 Å². The molecular formula is C18H25NO3. The van der Waals surface area contributed by atoms with E-state index in [-0.39, 0.29) is 23.8 Å². The molecule has 3 atom stereocenters. The van der Waals surface area contributed by atoms with Crippen molar-refractivity contribution in [2.75, 3.05) is 6.54 Å². The fourth-order valence-corrected chi connectivity index (χ4v) is 2.81. The van der Waals surface area contributed by atoms with E-state index in [9.17, 15) is 9.59 Å². The third-order valence-electron chi connectivity index (χ3n) is 4.13. The summed E-state index contributed by atoms with van der Waals surface area (Å²) in [7, 11) is 0. The molecule has 2 unspecified atom stereocenters. The van der Waals surface area contributed by atoms with E-state index in [0.717, 1.165) is 5.56 Å². The molecule has 0 N–H and O–H groups in total. The Morgan fingerprint density at radius 2 is 1.86 bits per heavy atom. The van der Waals surface area contributed by atoms with Gasteiger partial charge in [0, 0.05) is 6.54 Å². The molecule has 1 saturated heterocycles. The molecule has 2 rings (SSSR count). The topological polar surface area (TPSA) is 46.6 Å². The van der Waals surface area contributed by atoms with Crippen LogP contribution in [0.2, 0.25) is 0 Å². The summed E-state index contributed by atoms with van der Waals surface area (Å²) >= 11 is 0. The van der Waals surface area contributed by atoms with Gasteiger partial charge in [0.1, 0.15) is 5.60 Å². The van der Waals surface area contributed by atoms with Crippen molar-refractivity contribution in [1.29, 1.82) is 0 Å². The summed E-state index contributed by atoms with van der Waals surface area (Å²) in [6, 6.07) is 9.84. The van der Waals surface area contributed by atoms with E-state index in [0.29, 0.717) is 6.54 Å². The van der Waals surface area contributed by atoms with Crippen molar-refractivity contribution in [3.05, 3.63) is 35.9 Å². The maximum atomic E-state index is 12.5. The molecular weight excluding hydrogens is 278 g/mol. The van der Waals surface area contributed by atoms with Gasteiger partial charge in [-0.3, -0.25) is 9.59 Å². The lowest BCUT2D eigenvalue weighted by Crippen LogP contribution is -2.32. The zero-order chi connectivity index (χ0) is 16.5. The summed E-state index contributed by atoms with van der Waals surface area (Å²) in [6.45, 7) is 9.77. The Labute approximate surface area is 132 Å². The standard InChI is InChI=1S/C18H25NO3/c1-12-15(17(21)22-18(3,4)5)11-19(16(12)20)13(2)14-9-7-6-8-10-14/h6-10,12-13,15H,11H2,1-5H3/t12?,13-,15?/m1/s1. The van der Waals surface area contributed by atoms with Gasteiger partial charge in [-0.15, -0.1) is 0 Å². The van der Waals surface area contributed by atoms with Gasteiger partial charge in [0.25, 0.3) is 0 Å². The van der Waals surface area contributed by atoms with Crippen molar-refractivity contribution in [2.45, 2.75) is 46.3 Å². The van der Waals surface area contributed by atoms with E-state index in [2.05, 4.69) is 0 Å². The summed E-state index contributed by atoms with van der Waals surface area (Å²) < 4.78 is 5.46. The molecule has 22 heavy (non-hydrogen) atoms. The summed E-state index contributed by atoms with van der Waals surface area (Å²) in [4.78, 5) is 26.6. The molecule has 0 bridgehead atoms. The van der Waals surface area contributed by atoms with Gasteiger partial charge >= 0.3 is 5.97 Å². The van der Waals surface area contributed by atoms with E-state index in [1.54, 1.807) is 4.90 Å². The molecule has 1 heterocycles. The van der Waals surface area contributed by atoms with Crippen molar-refractivity contribution < 1.29 is 14.3 Å². The van der Waals surface area contributed by atoms with Crippen LogP contribution in [0.25, 0.3) is 0 Å². The molecule has 4 nitrogen and oxygen atoms in total. The van der Waals surface area contributed by atoms with E-state index in [1.165, 1.54) is 0 Å². The van der Waals surface area contributed by atoms with Gasteiger partial charge in [0.05, 0.1) is 17.9 Å². The van der Waals surface area contributed by atoms with Crippen LogP contribution in [0.15, 0.2) is 30.3 Å². The first-order valence-electron chi connectivity index (χ1n) is 7.79. The molecule has 120 valence electrons. The highest BCUT2D eigenvalue weighted by Crippen LogP contribution is 2.33. The van der Waals surface area contributed by atoms with Crippen molar-refractivity contribution in [3.63, 3.8) is 0 Å². The van der Waals surface area contributed by atoms with E-state index in [4.69, 9.17) is 4.74 Å². The van der Waals surface area contributed by atoms with Crippen LogP contribution in [0.1, 0.15) is 46.2 Å². The Balaban J connectivity index is 2.13. The van der Waals surface area contributed by atoms with Crippen LogP contribution >= 0.6 is 0 Å². The number of esters is 1. The number of amides is 1. The molecule has 1 fully saturated rings. The predicted octanol–water partition coefficient (Wildman–Crippen LogP) is 3.18. The van der Waals surface area contributed by atoms with Crippen molar-refractivity contribution >= 4 is 11.9 Å². The lowest BCUT2D eigenvalue weighted by Gasteiger charge is -2.26. The minimum absolute atomic E-state index is 0.0206. The minimum Gasteiger partial charge on any atom is -0.460 e. The number of likely N-dealkylation sites (tertiary alicyclic amines) is 1. The Hall–Kier alpha value is -1.84. The molecule has 0 aliphatic carbocycles. The number of rotatable bonds is 3. The molecule has 1 amide bonds. The van der Waals surface area contributed by atoms with Crippen LogP contribution in [-0.4, -0.2) is 28.9 Å². The summed E-state index contributed by atoms with van der Waals surface area (Å²) in [5.74, 6) is -0.984.